The molecule has 0 fully saturated rings. The van der Waals surface area contributed by atoms with Gasteiger partial charge in [-0.25, -0.2) is 4.99 Å². The van der Waals surface area contributed by atoms with Crippen LogP contribution in [-0.4, -0.2) is 38.0 Å². The Hall–Kier alpha value is -1.35. The zero-order chi connectivity index (χ0) is 10.7. The van der Waals surface area contributed by atoms with Crippen LogP contribution < -0.4 is 0 Å². The Bertz CT molecular complexity index is 346. The van der Waals surface area contributed by atoms with Crippen LogP contribution in [0.3, 0.4) is 0 Å². The first kappa shape index (κ1) is 10.2. The van der Waals surface area contributed by atoms with Crippen molar-refractivity contribution < 1.29 is 4.74 Å². The van der Waals surface area contributed by atoms with E-state index in [0.717, 1.165) is 12.4 Å². The van der Waals surface area contributed by atoms with E-state index in [4.69, 9.17) is 4.74 Å². The Morgan fingerprint density at radius 3 is 2.73 bits per heavy atom. The molecule has 0 aliphatic carbocycles. The van der Waals surface area contributed by atoms with E-state index >= 15 is 0 Å². The van der Waals surface area contributed by atoms with E-state index in [2.05, 4.69) is 22.0 Å². The van der Waals surface area contributed by atoms with Crippen LogP contribution in [0.25, 0.3) is 0 Å². The van der Waals surface area contributed by atoms with Gasteiger partial charge >= 0.3 is 0 Å². The van der Waals surface area contributed by atoms with Gasteiger partial charge in [0.25, 0.3) is 0 Å². The number of hydrogen-bond acceptors (Lipinski definition) is 3. The summed E-state index contributed by atoms with van der Waals surface area (Å²) in [6, 6.07) is 10.5. The van der Waals surface area contributed by atoms with Crippen molar-refractivity contribution in [2.75, 3.05) is 27.2 Å². The second-order valence-electron chi connectivity index (χ2n) is 4.00. The molecule has 1 heterocycles. The maximum atomic E-state index is 5.54. The summed E-state index contributed by atoms with van der Waals surface area (Å²) in [5.74, 6) is 0.842. The number of aliphatic imine (C=N–C) groups is 1. The van der Waals surface area contributed by atoms with E-state index < -0.39 is 0 Å². The monoisotopic (exact) mass is 204 g/mol. The summed E-state index contributed by atoms with van der Waals surface area (Å²) in [7, 11) is 4.03. The molecule has 0 unspecified atom stereocenters. The molecule has 1 atom stereocenters. The zero-order valence-electron chi connectivity index (χ0n) is 9.18. The standard InChI is InChI=1S/C12H16N2O/c1-14(2)8-12-13-11(9-15-12)10-6-4-3-5-7-10/h3-7,11H,8-9H2,1-2H3/t11-/m0/s1. The minimum atomic E-state index is 0.182. The van der Waals surface area contributed by atoms with Crippen molar-refractivity contribution in [1.82, 2.24) is 4.90 Å². The van der Waals surface area contributed by atoms with Gasteiger partial charge in [-0.05, 0) is 19.7 Å². The van der Waals surface area contributed by atoms with E-state index in [9.17, 15) is 0 Å². The van der Waals surface area contributed by atoms with Crippen molar-refractivity contribution in [3.63, 3.8) is 0 Å². The Morgan fingerprint density at radius 1 is 1.33 bits per heavy atom. The maximum Gasteiger partial charge on any atom is 0.198 e. The fourth-order valence-electron chi connectivity index (χ4n) is 1.63. The molecule has 0 aromatic heterocycles. The molecule has 0 radical (unpaired) electrons. The molecule has 1 aromatic rings. The van der Waals surface area contributed by atoms with Gasteiger partial charge in [0.05, 0.1) is 6.54 Å². The number of rotatable bonds is 3. The van der Waals surface area contributed by atoms with Crippen molar-refractivity contribution in [3.8, 4) is 0 Å². The van der Waals surface area contributed by atoms with Crippen LogP contribution in [0.15, 0.2) is 35.3 Å². The highest BCUT2D eigenvalue weighted by molar-refractivity contribution is 5.79. The first-order chi connectivity index (χ1) is 7.25. The fourth-order valence-corrected chi connectivity index (χ4v) is 1.63. The van der Waals surface area contributed by atoms with Crippen LogP contribution in [-0.2, 0) is 4.74 Å². The van der Waals surface area contributed by atoms with Gasteiger partial charge in [-0.2, -0.15) is 0 Å². The van der Waals surface area contributed by atoms with Crippen LogP contribution in [0.1, 0.15) is 11.6 Å². The van der Waals surface area contributed by atoms with Gasteiger partial charge in [0.1, 0.15) is 12.6 Å². The van der Waals surface area contributed by atoms with Gasteiger partial charge < -0.3 is 9.64 Å². The molecule has 0 spiro atoms. The molecule has 1 aromatic carbocycles. The molecule has 3 nitrogen and oxygen atoms in total. The number of hydrogen-bond donors (Lipinski definition) is 0. The van der Waals surface area contributed by atoms with Crippen molar-refractivity contribution in [2.24, 2.45) is 4.99 Å². The summed E-state index contributed by atoms with van der Waals surface area (Å²) in [6.07, 6.45) is 0. The van der Waals surface area contributed by atoms with Gasteiger partial charge in [0, 0.05) is 0 Å². The van der Waals surface area contributed by atoms with Crippen LogP contribution in [0.2, 0.25) is 0 Å². The average molecular weight is 204 g/mol. The smallest absolute Gasteiger partial charge is 0.198 e. The first-order valence-electron chi connectivity index (χ1n) is 5.15. The zero-order valence-corrected chi connectivity index (χ0v) is 9.18. The van der Waals surface area contributed by atoms with E-state index in [0.29, 0.717) is 6.61 Å². The number of benzene rings is 1. The molecular weight excluding hydrogens is 188 g/mol. The maximum absolute atomic E-state index is 5.54. The van der Waals surface area contributed by atoms with Gasteiger partial charge in [0.2, 0.25) is 0 Å². The topological polar surface area (TPSA) is 24.8 Å². The molecule has 0 bridgehead atoms. The second kappa shape index (κ2) is 4.45. The fraction of sp³-hybridized carbons (Fsp3) is 0.417. The van der Waals surface area contributed by atoms with Crippen LogP contribution in [0.4, 0.5) is 0 Å². The lowest BCUT2D eigenvalue weighted by Gasteiger charge is -2.07. The van der Waals surface area contributed by atoms with Gasteiger partial charge in [0.15, 0.2) is 5.90 Å². The van der Waals surface area contributed by atoms with E-state index in [-0.39, 0.29) is 6.04 Å². The highest BCUT2D eigenvalue weighted by Crippen LogP contribution is 2.22. The summed E-state index contributed by atoms with van der Waals surface area (Å²) in [5.41, 5.74) is 1.23. The van der Waals surface area contributed by atoms with Crippen LogP contribution in [0, 0.1) is 0 Å². The Labute approximate surface area is 90.4 Å². The van der Waals surface area contributed by atoms with Gasteiger partial charge in [-0.15, -0.1) is 0 Å². The molecule has 1 aliphatic rings. The van der Waals surface area contributed by atoms with E-state index in [1.54, 1.807) is 0 Å². The third kappa shape index (κ3) is 2.57. The van der Waals surface area contributed by atoms with Crippen molar-refractivity contribution in [2.45, 2.75) is 6.04 Å². The molecule has 1 aliphatic heterocycles. The lowest BCUT2D eigenvalue weighted by atomic mass is 10.1. The summed E-state index contributed by atoms with van der Waals surface area (Å²) in [5, 5.41) is 0. The lowest BCUT2D eigenvalue weighted by Crippen LogP contribution is -2.21. The molecular formula is C12H16N2O. The second-order valence-corrected chi connectivity index (χ2v) is 4.00. The lowest BCUT2D eigenvalue weighted by molar-refractivity contribution is 0.299. The minimum Gasteiger partial charge on any atom is -0.477 e. The quantitative estimate of drug-likeness (QED) is 0.749. The molecule has 15 heavy (non-hydrogen) atoms. The highest BCUT2D eigenvalue weighted by atomic mass is 16.5. The summed E-state index contributed by atoms with van der Waals surface area (Å²) < 4.78 is 5.54. The van der Waals surface area contributed by atoms with E-state index in [1.807, 2.05) is 32.3 Å². The highest BCUT2D eigenvalue weighted by Gasteiger charge is 2.20. The molecule has 0 saturated heterocycles. The normalized spacial score (nSPS) is 20.2. The molecule has 3 heteroatoms. The van der Waals surface area contributed by atoms with Crippen molar-refractivity contribution >= 4 is 5.90 Å². The third-order valence-corrected chi connectivity index (χ3v) is 2.34. The number of nitrogens with zero attached hydrogens (tertiary/aromatic N) is 2. The van der Waals surface area contributed by atoms with Crippen LogP contribution in [0.5, 0.6) is 0 Å². The molecule has 80 valence electrons. The predicted molar refractivity (Wildman–Crippen MR) is 61.1 cm³/mol. The number of ether oxygens (including phenoxy) is 1. The minimum absolute atomic E-state index is 0.182. The third-order valence-electron chi connectivity index (χ3n) is 2.34. The molecule has 0 amide bonds. The SMILES string of the molecule is CN(C)CC1=N[C@H](c2ccccc2)CO1. The molecule has 0 N–H and O–H groups in total. The summed E-state index contributed by atoms with van der Waals surface area (Å²) >= 11 is 0. The summed E-state index contributed by atoms with van der Waals surface area (Å²) in [6.45, 7) is 1.45. The summed E-state index contributed by atoms with van der Waals surface area (Å²) in [4.78, 5) is 6.61. The van der Waals surface area contributed by atoms with Crippen LogP contribution >= 0.6 is 0 Å². The number of likely N-dealkylation sites (N-methyl/N-ethyl adjacent to an activating group) is 1. The Morgan fingerprint density at radius 2 is 2.07 bits per heavy atom. The average Bonchev–Trinajstić information content (AvgIpc) is 2.67. The Kier molecular flexibility index (Phi) is 3.02. The predicted octanol–water partition coefficient (Wildman–Crippen LogP) is 1.72. The van der Waals surface area contributed by atoms with E-state index in [1.165, 1.54) is 5.56 Å². The van der Waals surface area contributed by atoms with Crippen molar-refractivity contribution in [1.29, 1.82) is 0 Å². The largest absolute Gasteiger partial charge is 0.477 e. The van der Waals surface area contributed by atoms with Crippen molar-refractivity contribution in [3.05, 3.63) is 35.9 Å². The first-order valence-corrected chi connectivity index (χ1v) is 5.15. The molecule has 0 saturated carbocycles. The van der Waals surface area contributed by atoms with Gasteiger partial charge in [-0.1, -0.05) is 30.3 Å². The molecule has 2 rings (SSSR count). The Balaban J connectivity index is 2.06. The van der Waals surface area contributed by atoms with Gasteiger partial charge in [-0.3, -0.25) is 0 Å².